The van der Waals surface area contributed by atoms with Crippen molar-refractivity contribution < 1.29 is 4.21 Å². The molecule has 0 saturated heterocycles. The van der Waals surface area contributed by atoms with Crippen LogP contribution >= 0.6 is 0 Å². The van der Waals surface area contributed by atoms with Crippen LogP contribution in [0.2, 0.25) is 0 Å². The van der Waals surface area contributed by atoms with Crippen LogP contribution in [-0.2, 0) is 10.8 Å². The molecule has 0 radical (unpaired) electrons. The fourth-order valence-electron chi connectivity index (χ4n) is 0.904. The molecule has 6 heteroatoms. The number of hydrogen-bond donors (Lipinski definition) is 3. The summed E-state index contributed by atoms with van der Waals surface area (Å²) in [7, 11) is -1.76. The lowest BCUT2D eigenvalue weighted by Crippen LogP contribution is -2.35. The molecule has 0 bridgehead atoms. The number of nitrogens with two attached hydrogens (primary N) is 1. The van der Waals surface area contributed by atoms with Crippen LogP contribution in [0.15, 0.2) is 4.36 Å². The van der Waals surface area contributed by atoms with Gasteiger partial charge in [0.25, 0.3) is 0 Å². The normalized spacial score (nSPS) is 25.5. The van der Waals surface area contributed by atoms with E-state index in [0.717, 1.165) is 12.8 Å². The van der Waals surface area contributed by atoms with Gasteiger partial charge in [0.05, 0.1) is 0 Å². The second-order valence-electron chi connectivity index (χ2n) is 2.33. The first kappa shape index (κ1) is 8.32. The van der Waals surface area contributed by atoms with Crippen LogP contribution in [-0.4, -0.2) is 27.6 Å². The van der Waals surface area contributed by atoms with E-state index < -0.39 is 10.8 Å². The van der Waals surface area contributed by atoms with Gasteiger partial charge in [-0.25, -0.2) is 8.57 Å². The molecule has 0 saturated carbocycles. The number of nitrogens with one attached hydrogen (secondary N) is 1. The molecule has 0 aromatic heterocycles. The molecule has 0 spiro atoms. The average Bonchev–Trinajstić information content (AvgIpc) is 2.13. The summed E-state index contributed by atoms with van der Waals surface area (Å²) >= 11 is 0. The molecule has 3 N–H and O–H groups in total. The molecule has 0 aromatic carbocycles. The molecule has 64 valence electrons. The predicted molar refractivity (Wildman–Crippen MR) is 44.7 cm³/mol. The van der Waals surface area contributed by atoms with Crippen LogP contribution in [0.4, 0.5) is 0 Å². The smallest absolute Gasteiger partial charge is 0.200 e. The van der Waals surface area contributed by atoms with Crippen LogP contribution in [0.5, 0.6) is 0 Å². The molecule has 0 aromatic rings. The minimum absolute atomic E-state index is 0.142. The molecule has 1 atom stereocenters. The molecular formula is C5H12N4OS. The summed E-state index contributed by atoms with van der Waals surface area (Å²) in [6.07, 6.45) is 1.84. The van der Waals surface area contributed by atoms with Crippen molar-refractivity contribution in [1.82, 2.24) is 4.31 Å². The third-order valence-electron chi connectivity index (χ3n) is 1.48. The summed E-state index contributed by atoms with van der Waals surface area (Å²) in [6.45, 7) is 1.22. The van der Waals surface area contributed by atoms with Crippen LogP contribution in [0, 0.1) is 5.41 Å². The van der Waals surface area contributed by atoms with Crippen molar-refractivity contribution in [3.63, 3.8) is 0 Å². The molecule has 1 aliphatic heterocycles. The van der Waals surface area contributed by atoms with E-state index in [9.17, 15) is 4.21 Å². The summed E-state index contributed by atoms with van der Waals surface area (Å²) in [4.78, 5) is 0. The number of rotatable bonds is 0. The summed E-state index contributed by atoms with van der Waals surface area (Å²) in [5, 5.41) is 7.08. The van der Waals surface area contributed by atoms with E-state index in [2.05, 4.69) is 4.36 Å². The lowest BCUT2D eigenvalue weighted by atomic mass is 10.3. The predicted octanol–water partition coefficient (Wildman–Crippen LogP) is -0.445. The van der Waals surface area contributed by atoms with Crippen molar-refractivity contribution in [2.24, 2.45) is 10.1 Å². The third kappa shape index (κ3) is 2.07. The molecular weight excluding hydrogens is 164 g/mol. The second-order valence-corrected chi connectivity index (χ2v) is 3.60. The van der Waals surface area contributed by atoms with E-state index in [1.807, 2.05) is 0 Å². The molecule has 11 heavy (non-hydrogen) atoms. The Morgan fingerprint density at radius 2 is 2.36 bits per heavy atom. The first-order valence-electron chi connectivity index (χ1n) is 3.48. The third-order valence-corrected chi connectivity index (χ3v) is 2.75. The van der Waals surface area contributed by atoms with Gasteiger partial charge >= 0.3 is 0 Å². The summed E-state index contributed by atoms with van der Waals surface area (Å²) < 4.78 is 16.3. The quantitative estimate of drug-likeness (QED) is 0.265. The number of nitrogens with zero attached hydrogens (tertiary/aromatic N) is 2. The van der Waals surface area contributed by atoms with Gasteiger partial charge in [0.2, 0.25) is 5.96 Å². The topological polar surface area (TPSA) is 82.5 Å². The van der Waals surface area contributed by atoms with Crippen molar-refractivity contribution in [2.45, 2.75) is 12.8 Å². The highest BCUT2D eigenvalue weighted by Crippen LogP contribution is 2.02. The fourth-order valence-corrected chi connectivity index (χ4v) is 1.87. The van der Waals surface area contributed by atoms with Crippen molar-refractivity contribution >= 4 is 16.7 Å². The maximum atomic E-state index is 11.1. The maximum Gasteiger partial charge on any atom is 0.200 e. The van der Waals surface area contributed by atoms with E-state index >= 15 is 0 Å². The standard InChI is InChI=1S/C5H12N4OS/c6-5(7)9-4-2-1-3-8-11(9)10/h11H,1-4H2,(H3,6,7). The van der Waals surface area contributed by atoms with Gasteiger partial charge in [0.1, 0.15) is 10.8 Å². The summed E-state index contributed by atoms with van der Waals surface area (Å²) in [5.74, 6) is -0.142. The van der Waals surface area contributed by atoms with Crippen LogP contribution in [0.25, 0.3) is 0 Å². The summed E-state index contributed by atoms with van der Waals surface area (Å²) in [5.41, 5.74) is 5.19. The molecule has 0 aliphatic carbocycles. The zero-order chi connectivity index (χ0) is 8.27. The Morgan fingerprint density at radius 3 is 3.00 bits per heavy atom. The van der Waals surface area contributed by atoms with Gasteiger partial charge in [-0.2, -0.15) is 0 Å². The molecule has 1 rings (SSSR count). The van der Waals surface area contributed by atoms with E-state index in [0.29, 0.717) is 13.1 Å². The number of guanidine groups is 1. The van der Waals surface area contributed by atoms with Crippen LogP contribution in [0.1, 0.15) is 12.8 Å². The Labute approximate surface area is 67.4 Å². The molecule has 0 fully saturated rings. The van der Waals surface area contributed by atoms with Crippen molar-refractivity contribution in [3.8, 4) is 0 Å². The Morgan fingerprint density at radius 1 is 1.64 bits per heavy atom. The van der Waals surface area contributed by atoms with Gasteiger partial charge in [0.15, 0.2) is 0 Å². The highest BCUT2D eigenvalue weighted by molar-refractivity contribution is 7.73. The maximum absolute atomic E-state index is 11.1. The highest BCUT2D eigenvalue weighted by atomic mass is 32.2. The fraction of sp³-hybridized carbons (Fsp3) is 0.800. The highest BCUT2D eigenvalue weighted by Gasteiger charge is 2.09. The van der Waals surface area contributed by atoms with Gasteiger partial charge in [0, 0.05) is 13.1 Å². The minimum Gasteiger partial charge on any atom is -0.369 e. The van der Waals surface area contributed by atoms with E-state index in [1.165, 1.54) is 4.31 Å². The molecule has 5 nitrogen and oxygen atoms in total. The van der Waals surface area contributed by atoms with Gasteiger partial charge in [-0.1, -0.05) is 0 Å². The first-order chi connectivity index (χ1) is 5.22. The lowest BCUT2D eigenvalue weighted by Gasteiger charge is -2.14. The van der Waals surface area contributed by atoms with Crippen LogP contribution in [0.3, 0.4) is 0 Å². The van der Waals surface area contributed by atoms with Crippen LogP contribution < -0.4 is 5.73 Å². The molecule has 1 unspecified atom stereocenters. The number of hydrogen-bond acceptors (Lipinski definition) is 3. The van der Waals surface area contributed by atoms with Crippen molar-refractivity contribution in [2.75, 3.05) is 13.1 Å². The molecule has 0 amide bonds. The minimum atomic E-state index is -1.76. The zero-order valence-electron chi connectivity index (χ0n) is 6.16. The molecule has 1 heterocycles. The van der Waals surface area contributed by atoms with E-state index in [4.69, 9.17) is 11.1 Å². The van der Waals surface area contributed by atoms with Gasteiger partial charge in [-0.15, -0.1) is 0 Å². The Hall–Kier alpha value is -0.780. The second kappa shape index (κ2) is 3.56. The largest absolute Gasteiger partial charge is 0.369 e. The van der Waals surface area contributed by atoms with E-state index in [-0.39, 0.29) is 5.96 Å². The lowest BCUT2D eigenvalue weighted by molar-refractivity contribution is 0.580. The van der Waals surface area contributed by atoms with Gasteiger partial charge < -0.3 is 5.73 Å². The van der Waals surface area contributed by atoms with Gasteiger partial charge in [-0.3, -0.25) is 9.71 Å². The Bertz CT molecular complexity index is 233. The molecule has 1 aliphatic rings. The first-order valence-corrected chi connectivity index (χ1v) is 4.64. The van der Waals surface area contributed by atoms with Crippen molar-refractivity contribution in [3.05, 3.63) is 0 Å². The van der Waals surface area contributed by atoms with Crippen molar-refractivity contribution in [1.29, 1.82) is 5.41 Å². The average molecular weight is 176 g/mol. The van der Waals surface area contributed by atoms with E-state index in [1.54, 1.807) is 0 Å². The number of thiol groups is 1. The summed E-state index contributed by atoms with van der Waals surface area (Å²) in [6, 6.07) is 0. The Balaban J connectivity index is 2.76. The zero-order valence-corrected chi connectivity index (χ0v) is 7.05. The Kier molecular flexibility index (Phi) is 2.70. The monoisotopic (exact) mass is 176 g/mol. The van der Waals surface area contributed by atoms with Gasteiger partial charge in [-0.05, 0) is 12.8 Å². The SMILES string of the molecule is N=C(N)N1CCCCN=[SH]1=O.